The fourth-order valence-electron chi connectivity index (χ4n) is 2.32. The fraction of sp³-hybridized carbons (Fsp3) is 0.294. The maximum absolute atomic E-state index is 12.6. The maximum Gasteiger partial charge on any atom is 0.416 e. The molecule has 2 N–H and O–H groups in total. The van der Waals surface area contributed by atoms with E-state index in [-0.39, 0.29) is 18.4 Å². The van der Waals surface area contributed by atoms with Gasteiger partial charge in [0, 0.05) is 6.04 Å². The van der Waals surface area contributed by atoms with Crippen molar-refractivity contribution >= 4 is 12.4 Å². The minimum atomic E-state index is -4.32. The quantitative estimate of drug-likeness (QED) is 0.872. The number of nitrogens with two attached hydrogens (primary N) is 1. The zero-order valence-electron chi connectivity index (χ0n) is 12.9. The third-order valence-corrected chi connectivity index (χ3v) is 3.37. The number of benzene rings is 2. The van der Waals surface area contributed by atoms with E-state index in [9.17, 15) is 13.2 Å². The van der Waals surface area contributed by atoms with Crippen molar-refractivity contribution in [2.45, 2.75) is 25.6 Å². The molecule has 0 aromatic heterocycles. The zero-order chi connectivity index (χ0) is 16.3. The monoisotopic (exact) mass is 345 g/mol. The Balaban J connectivity index is 0.00000264. The molecule has 0 saturated carbocycles. The average Bonchev–Trinajstić information content (AvgIpc) is 2.46. The van der Waals surface area contributed by atoms with Crippen LogP contribution in [0.3, 0.4) is 0 Å². The van der Waals surface area contributed by atoms with Crippen LogP contribution in [0, 0.1) is 0 Å². The normalized spacial score (nSPS) is 12.4. The van der Waals surface area contributed by atoms with E-state index >= 15 is 0 Å². The van der Waals surface area contributed by atoms with Crippen molar-refractivity contribution < 1.29 is 17.9 Å². The summed E-state index contributed by atoms with van der Waals surface area (Å²) in [6.07, 6.45) is -3.68. The molecular weight excluding hydrogens is 327 g/mol. The van der Waals surface area contributed by atoms with E-state index in [2.05, 4.69) is 0 Å². The van der Waals surface area contributed by atoms with Gasteiger partial charge in [0.2, 0.25) is 0 Å². The van der Waals surface area contributed by atoms with Crippen LogP contribution in [0.25, 0.3) is 11.1 Å². The predicted molar refractivity (Wildman–Crippen MR) is 88.0 cm³/mol. The van der Waals surface area contributed by atoms with Gasteiger partial charge in [0.1, 0.15) is 5.75 Å². The molecule has 126 valence electrons. The van der Waals surface area contributed by atoms with Crippen LogP contribution in [0.2, 0.25) is 0 Å². The Bertz CT molecular complexity index is 639. The molecule has 0 aliphatic rings. The van der Waals surface area contributed by atoms with Crippen LogP contribution in [0.4, 0.5) is 13.2 Å². The molecule has 6 heteroatoms. The van der Waals surface area contributed by atoms with Gasteiger partial charge in [-0.25, -0.2) is 0 Å². The average molecular weight is 346 g/mol. The van der Waals surface area contributed by atoms with Crippen LogP contribution in [0.15, 0.2) is 42.5 Å². The van der Waals surface area contributed by atoms with E-state index in [1.807, 2.05) is 25.1 Å². The van der Waals surface area contributed by atoms with E-state index in [0.29, 0.717) is 6.42 Å². The molecule has 0 aliphatic carbocycles. The molecule has 0 heterocycles. The number of halogens is 4. The fourth-order valence-corrected chi connectivity index (χ4v) is 2.32. The second kappa shape index (κ2) is 7.70. The summed E-state index contributed by atoms with van der Waals surface area (Å²) < 4.78 is 43.1. The van der Waals surface area contributed by atoms with Crippen molar-refractivity contribution in [2.24, 2.45) is 5.73 Å². The van der Waals surface area contributed by atoms with Crippen LogP contribution < -0.4 is 10.5 Å². The molecule has 0 amide bonds. The third kappa shape index (κ3) is 4.88. The zero-order valence-corrected chi connectivity index (χ0v) is 13.7. The number of hydrogen-bond acceptors (Lipinski definition) is 2. The van der Waals surface area contributed by atoms with Crippen molar-refractivity contribution in [3.05, 3.63) is 53.6 Å². The highest BCUT2D eigenvalue weighted by Crippen LogP contribution is 2.32. The highest BCUT2D eigenvalue weighted by atomic mass is 35.5. The van der Waals surface area contributed by atoms with Gasteiger partial charge in [-0.05, 0) is 54.3 Å². The summed E-state index contributed by atoms with van der Waals surface area (Å²) >= 11 is 0. The second-order valence-corrected chi connectivity index (χ2v) is 5.28. The van der Waals surface area contributed by atoms with Gasteiger partial charge < -0.3 is 10.5 Å². The van der Waals surface area contributed by atoms with Gasteiger partial charge >= 0.3 is 6.18 Å². The summed E-state index contributed by atoms with van der Waals surface area (Å²) in [5.41, 5.74) is 7.67. The molecule has 0 aliphatic heterocycles. The molecule has 0 saturated heterocycles. The van der Waals surface area contributed by atoms with Crippen molar-refractivity contribution in [3.8, 4) is 16.9 Å². The lowest BCUT2D eigenvalue weighted by molar-refractivity contribution is -0.137. The number of ether oxygens (including phenoxy) is 1. The van der Waals surface area contributed by atoms with E-state index in [1.54, 1.807) is 7.11 Å². The number of rotatable bonds is 4. The first kappa shape index (κ1) is 19.3. The van der Waals surface area contributed by atoms with Crippen LogP contribution in [0.5, 0.6) is 5.75 Å². The van der Waals surface area contributed by atoms with Gasteiger partial charge in [-0.15, -0.1) is 12.4 Å². The molecule has 0 fully saturated rings. The lowest BCUT2D eigenvalue weighted by Gasteiger charge is -2.13. The highest BCUT2D eigenvalue weighted by molar-refractivity contribution is 5.85. The predicted octanol–water partition coefficient (Wildman–Crippen LogP) is 4.69. The van der Waals surface area contributed by atoms with Crippen LogP contribution in [0.1, 0.15) is 18.1 Å². The Morgan fingerprint density at radius 2 is 1.61 bits per heavy atom. The molecule has 0 bridgehead atoms. The molecular formula is C17H19ClF3NO. The lowest BCUT2D eigenvalue weighted by atomic mass is 9.98. The minimum Gasteiger partial charge on any atom is -0.496 e. The van der Waals surface area contributed by atoms with E-state index < -0.39 is 11.7 Å². The standard InChI is InChI=1S/C17H18F3NO.ClH/c1-11(21)9-14-10-13(5-8-16(14)22-2)12-3-6-15(7-4-12)17(18,19)20;/h3-8,10-11H,9,21H2,1-2H3;1H. The van der Waals surface area contributed by atoms with E-state index in [4.69, 9.17) is 10.5 Å². The molecule has 2 aromatic rings. The van der Waals surface area contributed by atoms with Gasteiger partial charge in [-0.1, -0.05) is 18.2 Å². The Morgan fingerprint density at radius 3 is 2.09 bits per heavy atom. The Hall–Kier alpha value is -1.72. The van der Waals surface area contributed by atoms with Gasteiger partial charge in [-0.2, -0.15) is 13.2 Å². The SMILES string of the molecule is COc1ccc(-c2ccc(C(F)(F)F)cc2)cc1CC(C)N.Cl. The van der Waals surface area contributed by atoms with E-state index in [1.165, 1.54) is 12.1 Å². The minimum absolute atomic E-state index is 0. The second-order valence-electron chi connectivity index (χ2n) is 5.28. The maximum atomic E-state index is 12.6. The van der Waals surface area contributed by atoms with Crippen molar-refractivity contribution in [1.29, 1.82) is 0 Å². The highest BCUT2D eigenvalue weighted by Gasteiger charge is 2.29. The number of hydrogen-bond donors (Lipinski definition) is 1. The Kier molecular flexibility index (Phi) is 6.47. The van der Waals surface area contributed by atoms with Gasteiger partial charge in [-0.3, -0.25) is 0 Å². The molecule has 0 radical (unpaired) electrons. The first-order valence-corrected chi connectivity index (χ1v) is 6.91. The molecule has 23 heavy (non-hydrogen) atoms. The van der Waals surface area contributed by atoms with Gasteiger partial charge in [0.15, 0.2) is 0 Å². The molecule has 2 rings (SSSR count). The smallest absolute Gasteiger partial charge is 0.416 e. The summed E-state index contributed by atoms with van der Waals surface area (Å²) in [5.74, 6) is 0.730. The largest absolute Gasteiger partial charge is 0.496 e. The lowest BCUT2D eigenvalue weighted by Crippen LogP contribution is -2.18. The summed E-state index contributed by atoms with van der Waals surface area (Å²) in [6.45, 7) is 1.89. The van der Waals surface area contributed by atoms with Crippen molar-refractivity contribution in [1.82, 2.24) is 0 Å². The molecule has 2 aromatic carbocycles. The molecule has 1 unspecified atom stereocenters. The first-order valence-electron chi connectivity index (χ1n) is 6.91. The Labute approximate surface area is 139 Å². The van der Waals surface area contributed by atoms with Crippen molar-refractivity contribution in [3.63, 3.8) is 0 Å². The first-order chi connectivity index (χ1) is 10.3. The third-order valence-electron chi connectivity index (χ3n) is 3.37. The summed E-state index contributed by atoms with van der Waals surface area (Å²) in [4.78, 5) is 0. The van der Waals surface area contributed by atoms with Crippen LogP contribution in [-0.4, -0.2) is 13.2 Å². The van der Waals surface area contributed by atoms with Gasteiger partial charge in [0.25, 0.3) is 0 Å². The Morgan fingerprint density at radius 1 is 1.04 bits per heavy atom. The van der Waals surface area contributed by atoms with Crippen LogP contribution in [-0.2, 0) is 12.6 Å². The molecule has 1 atom stereocenters. The summed E-state index contributed by atoms with van der Waals surface area (Å²) in [6, 6.07) is 10.6. The summed E-state index contributed by atoms with van der Waals surface area (Å²) in [5, 5.41) is 0. The van der Waals surface area contributed by atoms with Crippen LogP contribution >= 0.6 is 12.4 Å². The number of methoxy groups -OCH3 is 1. The summed E-state index contributed by atoms with van der Waals surface area (Å²) in [7, 11) is 1.58. The molecule has 2 nitrogen and oxygen atoms in total. The van der Waals surface area contributed by atoms with Crippen molar-refractivity contribution in [2.75, 3.05) is 7.11 Å². The topological polar surface area (TPSA) is 35.2 Å². The molecule has 0 spiro atoms. The van der Waals surface area contributed by atoms with E-state index in [0.717, 1.165) is 34.6 Å². The van der Waals surface area contributed by atoms with Gasteiger partial charge in [0.05, 0.1) is 12.7 Å². The number of alkyl halides is 3.